The summed E-state index contributed by atoms with van der Waals surface area (Å²) in [6, 6.07) is 0. The summed E-state index contributed by atoms with van der Waals surface area (Å²) in [6.45, 7) is 3.37. The van der Waals surface area contributed by atoms with E-state index in [2.05, 4.69) is 10.5 Å². The van der Waals surface area contributed by atoms with Crippen molar-refractivity contribution < 1.29 is 14.7 Å². The zero-order valence-corrected chi connectivity index (χ0v) is 12.9. The molecule has 21 heavy (non-hydrogen) atoms. The first kappa shape index (κ1) is 16.1. The van der Waals surface area contributed by atoms with Gasteiger partial charge in [0.15, 0.2) is 5.84 Å². The molecule has 2 rings (SSSR count). The van der Waals surface area contributed by atoms with Gasteiger partial charge >= 0.3 is 0 Å². The van der Waals surface area contributed by atoms with Crippen molar-refractivity contribution in [2.75, 3.05) is 13.2 Å². The second kappa shape index (κ2) is 6.64. The van der Waals surface area contributed by atoms with Crippen molar-refractivity contribution in [1.29, 1.82) is 0 Å². The molecule has 0 spiro atoms. The summed E-state index contributed by atoms with van der Waals surface area (Å²) in [7, 11) is 0. The normalized spacial score (nSPS) is 25.9. The van der Waals surface area contributed by atoms with Crippen molar-refractivity contribution in [3.8, 4) is 0 Å². The van der Waals surface area contributed by atoms with Gasteiger partial charge in [-0.3, -0.25) is 4.79 Å². The van der Waals surface area contributed by atoms with Crippen LogP contribution in [0.5, 0.6) is 0 Å². The van der Waals surface area contributed by atoms with Gasteiger partial charge in [-0.25, -0.2) is 0 Å². The minimum Gasteiger partial charge on any atom is -0.409 e. The van der Waals surface area contributed by atoms with Crippen molar-refractivity contribution >= 4 is 11.7 Å². The highest BCUT2D eigenvalue weighted by atomic mass is 16.5. The first-order valence-corrected chi connectivity index (χ1v) is 7.91. The highest BCUT2D eigenvalue weighted by Gasteiger charge is 2.45. The molecular formula is C15H27N3O3. The molecule has 1 aliphatic heterocycles. The topological polar surface area (TPSA) is 96.9 Å². The Kier molecular flexibility index (Phi) is 5.08. The van der Waals surface area contributed by atoms with Crippen molar-refractivity contribution in [2.45, 2.75) is 63.8 Å². The molecule has 1 heterocycles. The third-order valence-corrected chi connectivity index (χ3v) is 5.00. The molecule has 0 atom stereocenters. The van der Waals surface area contributed by atoms with Gasteiger partial charge in [-0.2, -0.15) is 0 Å². The summed E-state index contributed by atoms with van der Waals surface area (Å²) in [4.78, 5) is 12.9. The number of hydrogen-bond donors (Lipinski definition) is 3. The smallest absolute Gasteiger partial charge is 0.234 e. The van der Waals surface area contributed by atoms with Gasteiger partial charge in [0.2, 0.25) is 5.91 Å². The number of amides is 1. The van der Waals surface area contributed by atoms with E-state index in [1.54, 1.807) is 0 Å². The molecule has 2 fully saturated rings. The van der Waals surface area contributed by atoms with Crippen LogP contribution in [0.25, 0.3) is 0 Å². The maximum Gasteiger partial charge on any atom is 0.234 e. The quantitative estimate of drug-likeness (QED) is 0.243. The highest BCUT2D eigenvalue weighted by Crippen LogP contribution is 2.36. The van der Waals surface area contributed by atoms with Gasteiger partial charge in [-0.05, 0) is 32.6 Å². The Morgan fingerprint density at radius 3 is 2.24 bits per heavy atom. The lowest BCUT2D eigenvalue weighted by atomic mass is 9.77. The van der Waals surface area contributed by atoms with Crippen molar-refractivity contribution in [2.24, 2.45) is 16.3 Å². The molecule has 0 aromatic heterocycles. The average Bonchev–Trinajstić information content (AvgIpc) is 2.73. The van der Waals surface area contributed by atoms with Crippen LogP contribution in [0.4, 0.5) is 0 Å². The van der Waals surface area contributed by atoms with Crippen LogP contribution in [-0.2, 0) is 9.53 Å². The number of nitrogens with two attached hydrogens (primary N) is 1. The fourth-order valence-corrected chi connectivity index (χ4v) is 3.37. The van der Waals surface area contributed by atoms with E-state index in [1.807, 2.05) is 6.92 Å². The zero-order valence-electron chi connectivity index (χ0n) is 12.9. The molecule has 0 radical (unpaired) electrons. The third-order valence-electron chi connectivity index (χ3n) is 5.00. The molecule has 1 aliphatic carbocycles. The van der Waals surface area contributed by atoms with Gasteiger partial charge in [0.25, 0.3) is 0 Å². The Hall–Kier alpha value is -1.30. The van der Waals surface area contributed by atoms with Crippen LogP contribution >= 0.6 is 0 Å². The summed E-state index contributed by atoms with van der Waals surface area (Å²) >= 11 is 0. The van der Waals surface area contributed by atoms with Gasteiger partial charge in [0.1, 0.15) is 5.41 Å². The lowest BCUT2D eigenvalue weighted by Gasteiger charge is -2.39. The van der Waals surface area contributed by atoms with E-state index in [1.165, 1.54) is 0 Å². The average molecular weight is 297 g/mol. The summed E-state index contributed by atoms with van der Waals surface area (Å²) < 4.78 is 5.37. The molecule has 120 valence electrons. The van der Waals surface area contributed by atoms with E-state index in [0.29, 0.717) is 26.1 Å². The van der Waals surface area contributed by atoms with E-state index >= 15 is 0 Å². The standard InChI is InChI=1S/C15H27N3O3/c1-14(8-10-21-11-9-14)17-13(19)15(12(16)18-20)6-4-2-3-5-7-15/h20H,2-11H2,1H3,(H2,16,18)(H,17,19). The maximum absolute atomic E-state index is 12.9. The van der Waals surface area contributed by atoms with Crippen LogP contribution in [-0.4, -0.2) is 35.7 Å². The van der Waals surface area contributed by atoms with E-state index in [4.69, 9.17) is 15.7 Å². The van der Waals surface area contributed by atoms with Crippen LogP contribution in [0.3, 0.4) is 0 Å². The minimum absolute atomic E-state index is 0.0533. The second-order valence-corrected chi connectivity index (χ2v) is 6.61. The van der Waals surface area contributed by atoms with Crippen LogP contribution in [0, 0.1) is 5.41 Å². The van der Waals surface area contributed by atoms with Crippen LogP contribution in [0.1, 0.15) is 58.3 Å². The predicted octanol–water partition coefficient (Wildman–Crippen LogP) is 1.76. The summed E-state index contributed by atoms with van der Waals surface area (Å²) in [6.07, 6.45) is 6.96. The number of nitrogens with zero attached hydrogens (tertiary/aromatic N) is 1. The van der Waals surface area contributed by atoms with Crippen molar-refractivity contribution in [3.05, 3.63) is 0 Å². The largest absolute Gasteiger partial charge is 0.409 e. The molecule has 0 bridgehead atoms. The Morgan fingerprint density at radius 2 is 1.71 bits per heavy atom. The molecule has 6 heteroatoms. The van der Waals surface area contributed by atoms with Gasteiger partial charge in [0.05, 0.1) is 0 Å². The number of ether oxygens (including phenoxy) is 1. The predicted molar refractivity (Wildman–Crippen MR) is 80.1 cm³/mol. The first-order valence-electron chi connectivity index (χ1n) is 7.91. The molecule has 6 nitrogen and oxygen atoms in total. The fourth-order valence-electron chi connectivity index (χ4n) is 3.37. The van der Waals surface area contributed by atoms with Crippen LogP contribution in [0.2, 0.25) is 0 Å². The molecule has 2 aliphatic rings. The highest BCUT2D eigenvalue weighted by molar-refractivity contribution is 6.07. The number of hydrogen-bond acceptors (Lipinski definition) is 4. The number of nitrogens with one attached hydrogen (secondary N) is 1. The fraction of sp³-hybridized carbons (Fsp3) is 0.867. The lowest BCUT2D eigenvalue weighted by Crippen LogP contribution is -2.57. The Labute approximate surface area is 126 Å². The molecule has 0 unspecified atom stereocenters. The number of carbonyl (C=O) groups is 1. The van der Waals surface area contributed by atoms with Crippen LogP contribution in [0.15, 0.2) is 5.16 Å². The first-order chi connectivity index (χ1) is 10.0. The van der Waals surface area contributed by atoms with Gasteiger partial charge < -0.3 is 21.0 Å². The second-order valence-electron chi connectivity index (χ2n) is 6.61. The Morgan fingerprint density at radius 1 is 1.14 bits per heavy atom. The van der Waals surface area contributed by atoms with Gasteiger partial charge in [-0.15, -0.1) is 0 Å². The summed E-state index contributed by atoms with van der Waals surface area (Å²) in [5.41, 5.74) is 4.80. The number of amidine groups is 1. The molecule has 1 amide bonds. The minimum atomic E-state index is -0.855. The van der Waals surface area contributed by atoms with Gasteiger partial charge in [-0.1, -0.05) is 30.8 Å². The lowest BCUT2D eigenvalue weighted by molar-refractivity contribution is -0.131. The number of carbonyl (C=O) groups excluding carboxylic acids is 1. The number of rotatable bonds is 3. The van der Waals surface area contributed by atoms with Crippen molar-refractivity contribution in [3.63, 3.8) is 0 Å². The van der Waals surface area contributed by atoms with E-state index in [9.17, 15) is 4.79 Å². The van der Waals surface area contributed by atoms with Crippen molar-refractivity contribution in [1.82, 2.24) is 5.32 Å². The Bertz CT molecular complexity index is 395. The van der Waals surface area contributed by atoms with Gasteiger partial charge in [0, 0.05) is 18.8 Å². The monoisotopic (exact) mass is 297 g/mol. The zero-order chi connectivity index (χ0) is 15.3. The van der Waals surface area contributed by atoms with E-state index < -0.39 is 5.41 Å². The van der Waals surface area contributed by atoms with Crippen LogP contribution < -0.4 is 11.1 Å². The molecule has 0 aromatic rings. The molecule has 0 aromatic carbocycles. The third kappa shape index (κ3) is 3.48. The van der Waals surface area contributed by atoms with E-state index in [-0.39, 0.29) is 17.3 Å². The summed E-state index contributed by atoms with van der Waals surface area (Å²) in [5, 5.41) is 15.5. The number of oxime groups is 1. The Balaban J connectivity index is 2.17. The molecular weight excluding hydrogens is 270 g/mol. The SMILES string of the molecule is CC1(NC(=O)C2(C(N)=NO)CCCCCC2)CCOCC1. The molecule has 1 saturated heterocycles. The summed E-state index contributed by atoms with van der Waals surface area (Å²) in [5.74, 6) is -0.0401. The van der Waals surface area contributed by atoms with E-state index in [0.717, 1.165) is 38.5 Å². The molecule has 1 saturated carbocycles. The molecule has 4 N–H and O–H groups in total. The maximum atomic E-state index is 12.9.